The number of rotatable bonds is 5. The summed E-state index contributed by atoms with van der Waals surface area (Å²) in [6, 6.07) is 15.1. The van der Waals surface area contributed by atoms with Gasteiger partial charge in [-0.1, -0.05) is 23.9 Å². The summed E-state index contributed by atoms with van der Waals surface area (Å²) in [7, 11) is 1.59. The number of methoxy groups -OCH3 is 1. The maximum atomic E-state index is 12.4. The van der Waals surface area contributed by atoms with Gasteiger partial charge in [0.05, 0.1) is 23.9 Å². The first-order chi connectivity index (χ1) is 12.5. The highest BCUT2D eigenvalue weighted by Gasteiger charge is 2.13. The molecule has 0 saturated carbocycles. The fraction of sp³-hybridized carbons (Fsp3) is 0.190. The van der Waals surface area contributed by atoms with Crippen LogP contribution in [0.5, 0.6) is 5.75 Å². The number of benzene rings is 2. The third-order valence-corrected chi connectivity index (χ3v) is 5.23. The predicted molar refractivity (Wildman–Crippen MR) is 104 cm³/mol. The van der Waals surface area contributed by atoms with Gasteiger partial charge in [0.2, 0.25) is 0 Å². The lowest BCUT2D eigenvalue weighted by atomic mass is 10.0. The zero-order valence-corrected chi connectivity index (χ0v) is 15.7. The van der Waals surface area contributed by atoms with Crippen LogP contribution in [-0.2, 0) is 0 Å². The van der Waals surface area contributed by atoms with Gasteiger partial charge in [-0.05, 0) is 55.3 Å². The van der Waals surface area contributed by atoms with E-state index in [1.807, 2.05) is 32.0 Å². The quantitative estimate of drug-likeness (QED) is 0.486. The molecule has 3 rings (SSSR count). The van der Waals surface area contributed by atoms with Crippen LogP contribution in [0, 0.1) is 25.2 Å². The maximum absolute atomic E-state index is 12.4. The molecule has 0 N–H and O–H groups in total. The number of ether oxygens (including phenoxy) is 1. The first-order valence-electron chi connectivity index (χ1n) is 8.14. The van der Waals surface area contributed by atoms with Gasteiger partial charge in [-0.2, -0.15) is 5.26 Å². The smallest absolute Gasteiger partial charge is 0.173 e. The van der Waals surface area contributed by atoms with Crippen molar-refractivity contribution in [3.05, 3.63) is 64.7 Å². The SMILES string of the molecule is COc1ccc(C(=O)CSc2nc3c(C)ccc(C)c3cc2C#N)cc1. The first-order valence-corrected chi connectivity index (χ1v) is 9.13. The number of thioether (sulfide) groups is 1. The average Bonchev–Trinajstić information content (AvgIpc) is 2.68. The van der Waals surface area contributed by atoms with E-state index < -0.39 is 0 Å². The molecule has 130 valence electrons. The number of carbonyl (C=O) groups excluding carboxylic acids is 1. The van der Waals surface area contributed by atoms with Crippen molar-refractivity contribution in [2.45, 2.75) is 18.9 Å². The zero-order valence-electron chi connectivity index (χ0n) is 14.9. The molecule has 26 heavy (non-hydrogen) atoms. The third-order valence-electron chi connectivity index (χ3n) is 4.24. The highest BCUT2D eigenvalue weighted by molar-refractivity contribution is 8.00. The third kappa shape index (κ3) is 3.56. The first kappa shape index (κ1) is 18.0. The van der Waals surface area contributed by atoms with Crippen LogP contribution in [0.25, 0.3) is 10.9 Å². The number of pyridine rings is 1. The second-order valence-corrected chi connectivity index (χ2v) is 6.95. The molecule has 0 amide bonds. The minimum absolute atomic E-state index is 0.00981. The van der Waals surface area contributed by atoms with Crippen LogP contribution in [0.2, 0.25) is 0 Å². The van der Waals surface area contributed by atoms with E-state index in [0.29, 0.717) is 21.9 Å². The minimum atomic E-state index is -0.00981. The van der Waals surface area contributed by atoms with Gasteiger partial charge in [-0.15, -0.1) is 0 Å². The maximum Gasteiger partial charge on any atom is 0.173 e. The van der Waals surface area contributed by atoms with E-state index in [1.54, 1.807) is 31.4 Å². The Morgan fingerprint density at radius 1 is 1.15 bits per heavy atom. The Hall–Kier alpha value is -2.84. The van der Waals surface area contributed by atoms with Crippen LogP contribution >= 0.6 is 11.8 Å². The monoisotopic (exact) mass is 362 g/mol. The van der Waals surface area contributed by atoms with E-state index in [0.717, 1.165) is 22.0 Å². The summed E-state index contributed by atoms with van der Waals surface area (Å²) in [5.41, 5.74) is 4.13. The summed E-state index contributed by atoms with van der Waals surface area (Å²) >= 11 is 1.30. The van der Waals surface area contributed by atoms with Crippen molar-refractivity contribution in [1.29, 1.82) is 5.26 Å². The molecular weight excluding hydrogens is 344 g/mol. The molecule has 0 atom stereocenters. The lowest BCUT2D eigenvalue weighted by Gasteiger charge is -2.09. The predicted octanol–water partition coefficient (Wildman–Crippen LogP) is 4.71. The van der Waals surface area contributed by atoms with Gasteiger partial charge in [0.15, 0.2) is 5.78 Å². The van der Waals surface area contributed by atoms with Gasteiger partial charge >= 0.3 is 0 Å². The number of fused-ring (bicyclic) bond motifs is 1. The largest absolute Gasteiger partial charge is 0.497 e. The van der Waals surface area contributed by atoms with Gasteiger partial charge in [-0.3, -0.25) is 4.79 Å². The number of aromatic nitrogens is 1. The summed E-state index contributed by atoms with van der Waals surface area (Å²) in [4.78, 5) is 17.1. The number of carbonyl (C=O) groups is 1. The number of nitrogens with zero attached hydrogens (tertiary/aromatic N) is 2. The highest BCUT2D eigenvalue weighted by Crippen LogP contribution is 2.28. The van der Waals surface area contributed by atoms with Crippen molar-refractivity contribution >= 4 is 28.4 Å². The molecule has 1 heterocycles. The molecular formula is C21H18N2O2S. The fourth-order valence-corrected chi connectivity index (χ4v) is 3.55. The molecule has 1 aromatic heterocycles. The number of hydrogen-bond acceptors (Lipinski definition) is 5. The highest BCUT2D eigenvalue weighted by atomic mass is 32.2. The molecule has 0 fully saturated rings. The van der Waals surface area contributed by atoms with Gasteiger partial charge < -0.3 is 4.74 Å². The Morgan fingerprint density at radius 3 is 2.50 bits per heavy atom. The molecule has 2 aromatic carbocycles. The lowest BCUT2D eigenvalue weighted by Crippen LogP contribution is -2.03. The Bertz CT molecular complexity index is 1020. The molecule has 0 saturated heterocycles. The molecule has 0 aliphatic heterocycles. The van der Waals surface area contributed by atoms with Crippen LogP contribution in [0.15, 0.2) is 47.5 Å². The second-order valence-electron chi connectivity index (χ2n) is 5.99. The lowest BCUT2D eigenvalue weighted by molar-refractivity contribution is 0.102. The molecule has 0 aliphatic carbocycles. The van der Waals surface area contributed by atoms with Crippen LogP contribution in [0.4, 0.5) is 0 Å². The second kappa shape index (κ2) is 7.59. The van der Waals surface area contributed by atoms with Crippen molar-refractivity contribution in [3.8, 4) is 11.8 Å². The topological polar surface area (TPSA) is 63.0 Å². The van der Waals surface area contributed by atoms with E-state index in [-0.39, 0.29) is 11.5 Å². The average molecular weight is 362 g/mol. The van der Waals surface area contributed by atoms with E-state index in [9.17, 15) is 10.1 Å². The number of Topliss-reactive ketones (excluding diaryl/α,β-unsaturated/α-hetero) is 1. The minimum Gasteiger partial charge on any atom is -0.497 e. The standard InChI is InChI=1S/C21H18N2O2S/c1-13-4-5-14(2)20-18(13)10-16(11-22)21(23-20)26-12-19(24)15-6-8-17(25-3)9-7-15/h4-10H,12H2,1-3H3. The molecule has 0 unspecified atom stereocenters. The van der Waals surface area contributed by atoms with Crippen molar-refractivity contribution < 1.29 is 9.53 Å². The van der Waals surface area contributed by atoms with Gasteiger partial charge in [0.1, 0.15) is 16.8 Å². The number of aryl methyl sites for hydroxylation is 2. The summed E-state index contributed by atoms with van der Waals surface area (Å²) in [6.07, 6.45) is 0. The van der Waals surface area contributed by atoms with E-state index in [2.05, 4.69) is 11.1 Å². The van der Waals surface area contributed by atoms with E-state index >= 15 is 0 Å². The number of hydrogen-bond donors (Lipinski definition) is 0. The Labute approximate surface area is 156 Å². The molecule has 0 spiro atoms. The van der Waals surface area contributed by atoms with Gasteiger partial charge in [0, 0.05) is 10.9 Å². The summed E-state index contributed by atoms with van der Waals surface area (Å²) < 4.78 is 5.11. The van der Waals surface area contributed by atoms with Crippen LogP contribution in [-0.4, -0.2) is 23.6 Å². The Kier molecular flexibility index (Phi) is 5.24. The molecule has 0 bridgehead atoms. The van der Waals surface area contributed by atoms with Crippen molar-refractivity contribution in [1.82, 2.24) is 4.98 Å². The number of ketones is 1. The number of nitriles is 1. The van der Waals surface area contributed by atoms with Gasteiger partial charge in [-0.25, -0.2) is 4.98 Å². The summed E-state index contributed by atoms with van der Waals surface area (Å²) in [5, 5.41) is 11.0. The van der Waals surface area contributed by atoms with Gasteiger partial charge in [0.25, 0.3) is 0 Å². The molecule has 5 heteroatoms. The van der Waals surface area contributed by atoms with E-state index in [1.165, 1.54) is 11.8 Å². The Balaban J connectivity index is 1.87. The van der Waals surface area contributed by atoms with Crippen LogP contribution < -0.4 is 4.74 Å². The zero-order chi connectivity index (χ0) is 18.7. The summed E-state index contributed by atoms with van der Waals surface area (Å²) in [6.45, 7) is 4.00. The molecule has 0 radical (unpaired) electrons. The van der Waals surface area contributed by atoms with Crippen LogP contribution in [0.3, 0.4) is 0 Å². The normalized spacial score (nSPS) is 10.5. The molecule has 3 aromatic rings. The molecule has 4 nitrogen and oxygen atoms in total. The molecule has 0 aliphatic rings. The van der Waals surface area contributed by atoms with Crippen molar-refractivity contribution in [2.75, 3.05) is 12.9 Å². The van der Waals surface area contributed by atoms with Crippen LogP contribution in [0.1, 0.15) is 27.0 Å². The van der Waals surface area contributed by atoms with Crippen molar-refractivity contribution in [3.63, 3.8) is 0 Å². The fourth-order valence-electron chi connectivity index (χ4n) is 2.70. The van der Waals surface area contributed by atoms with Crippen molar-refractivity contribution in [2.24, 2.45) is 0 Å². The Morgan fingerprint density at radius 2 is 1.85 bits per heavy atom. The van der Waals surface area contributed by atoms with E-state index in [4.69, 9.17) is 4.74 Å². The summed E-state index contributed by atoms with van der Waals surface area (Å²) in [5.74, 6) is 0.928.